The number of aliphatic hydroxyl groups is 1. The Bertz CT molecular complexity index is 462. The number of hydrogen-bond donors (Lipinski definition) is 3. The predicted octanol–water partition coefficient (Wildman–Crippen LogP) is 1.86. The Hall–Kier alpha value is -1.32. The van der Waals surface area contributed by atoms with Crippen LogP contribution in [0, 0.1) is 6.92 Å². The van der Waals surface area contributed by atoms with E-state index in [4.69, 9.17) is 5.73 Å². The van der Waals surface area contributed by atoms with Crippen molar-refractivity contribution in [3.8, 4) is 0 Å². The molecule has 2 rings (SSSR count). The molecule has 1 aromatic carbocycles. The first-order chi connectivity index (χ1) is 7.24. The number of aryl methyl sites for hydroxylation is 1. The minimum absolute atomic E-state index is 0.468. The number of aromatic nitrogens is 1. The van der Waals surface area contributed by atoms with E-state index in [1.807, 2.05) is 18.3 Å². The van der Waals surface area contributed by atoms with Gasteiger partial charge in [0.1, 0.15) is 0 Å². The fourth-order valence-electron chi connectivity index (χ4n) is 1.98. The topological polar surface area (TPSA) is 62.0 Å². The highest BCUT2D eigenvalue weighted by atomic mass is 16.3. The molecule has 15 heavy (non-hydrogen) atoms. The lowest BCUT2D eigenvalue weighted by Crippen LogP contribution is -2.06. The lowest BCUT2D eigenvalue weighted by Gasteiger charge is -2.08. The van der Waals surface area contributed by atoms with Gasteiger partial charge in [0.15, 0.2) is 0 Å². The van der Waals surface area contributed by atoms with Gasteiger partial charge in [-0.05, 0) is 31.5 Å². The minimum atomic E-state index is -0.468. The van der Waals surface area contributed by atoms with Crippen molar-refractivity contribution < 1.29 is 5.11 Å². The molecule has 3 nitrogen and oxygen atoms in total. The lowest BCUT2D eigenvalue weighted by atomic mass is 10.0. The highest BCUT2D eigenvalue weighted by molar-refractivity contribution is 5.86. The van der Waals surface area contributed by atoms with Crippen LogP contribution in [0.2, 0.25) is 0 Å². The Morgan fingerprint density at radius 3 is 3.00 bits per heavy atom. The van der Waals surface area contributed by atoms with Gasteiger partial charge < -0.3 is 15.8 Å². The third-order valence-corrected chi connectivity index (χ3v) is 2.74. The summed E-state index contributed by atoms with van der Waals surface area (Å²) in [6.07, 6.45) is 2.00. The molecule has 0 saturated heterocycles. The molecular weight excluding hydrogens is 188 g/mol. The van der Waals surface area contributed by atoms with Crippen molar-refractivity contribution in [1.29, 1.82) is 0 Å². The first-order valence-corrected chi connectivity index (χ1v) is 5.18. The molecule has 80 valence electrons. The maximum atomic E-state index is 9.93. The van der Waals surface area contributed by atoms with E-state index in [9.17, 15) is 5.11 Å². The summed E-state index contributed by atoms with van der Waals surface area (Å²) in [4.78, 5) is 3.17. The zero-order valence-electron chi connectivity index (χ0n) is 8.83. The Labute approximate surface area is 88.9 Å². The quantitative estimate of drug-likeness (QED) is 0.714. The molecule has 0 bridgehead atoms. The van der Waals surface area contributed by atoms with Crippen LogP contribution < -0.4 is 5.73 Å². The van der Waals surface area contributed by atoms with Gasteiger partial charge in [-0.2, -0.15) is 0 Å². The largest absolute Gasteiger partial charge is 0.388 e. The minimum Gasteiger partial charge on any atom is -0.388 e. The van der Waals surface area contributed by atoms with E-state index >= 15 is 0 Å². The molecule has 0 saturated carbocycles. The molecule has 3 heteroatoms. The molecule has 2 aromatic rings. The lowest BCUT2D eigenvalue weighted by molar-refractivity contribution is 0.172. The molecule has 0 aliphatic carbocycles. The van der Waals surface area contributed by atoms with Crippen LogP contribution >= 0.6 is 0 Å². The fraction of sp³-hybridized carbons (Fsp3) is 0.333. The van der Waals surface area contributed by atoms with Crippen LogP contribution in [0.3, 0.4) is 0 Å². The summed E-state index contributed by atoms with van der Waals surface area (Å²) in [7, 11) is 0. The van der Waals surface area contributed by atoms with Gasteiger partial charge in [-0.3, -0.25) is 0 Å². The maximum Gasteiger partial charge on any atom is 0.0822 e. The van der Waals surface area contributed by atoms with E-state index in [0.29, 0.717) is 13.0 Å². The van der Waals surface area contributed by atoms with Crippen molar-refractivity contribution in [3.63, 3.8) is 0 Å². The molecule has 1 aromatic heterocycles. The molecule has 0 amide bonds. The summed E-state index contributed by atoms with van der Waals surface area (Å²) >= 11 is 0. The number of aromatic amines is 1. The number of nitrogens with two attached hydrogens (primary N) is 1. The van der Waals surface area contributed by atoms with Gasteiger partial charge >= 0.3 is 0 Å². The number of benzene rings is 1. The van der Waals surface area contributed by atoms with Crippen LogP contribution in [-0.2, 0) is 0 Å². The van der Waals surface area contributed by atoms with Crippen molar-refractivity contribution in [1.82, 2.24) is 4.98 Å². The highest BCUT2D eigenvalue weighted by Crippen LogP contribution is 2.28. The summed E-state index contributed by atoms with van der Waals surface area (Å²) in [6, 6.07) is 6.07. The monoisotopic (exact) mass is 204 g/mol. The third-order valence-electron chi connectivity index (χ3n) is 2.74. The van der Waals surface area contributed by atoms with Gasteiger partial charge in [-0.25, -0.2) is 0 Å². The first-order valence-electron chi connectivity index (χ1n) is 5.18. The summed E-state index contributed by atoms with van der Waals surface area (Å²) in [5, 5.41) is 11.1. The number of hydrogen-bond acceptors (Lipinski definition) is 2. The van der Waals surface area contributed by atoms with Crippen molar-refractivity contribution in [2.24, 2.45) is 5.73 Å². The smallest absolute Gasteiger partial charge is 0.0822 e. The second kappa shape index (κ2) is 4.04. The summed E-state index contributed by atoms with van der Waals surface area (Å²) < 4.78 is 0. The Kier molecular flexibility index (Phi) is 2.75. The van der Waals surface area contributed by atoms with E-state index in [1.165, 1.54) is 5.56 Å². The zero-order valence-corrected chi connectivity index (χ0v) is 8.83. The molecule has 0 unspecified atom stereocenters. The van der Waals surface area contributed by atoms with Crippen LogP contribution in [0.4, 0.5) is 0 Å². The standard InChI is InChI=1S/C12H16N2O/c1-8-3-2-4-10-12(8)9(7-14-10)11(15)5-6-13/h2-4,7,11,14-15H,5-6,13H2,1H3/t11-/m1/s1. The predicted molar refractivity (Wildman–Crippen MR) is 61.7 cm³/mol. The summed E-state index contributed by atoms with van der Waals surface area (Å²) in [6.45, 7) is 2.55. The van der Waals surface area contributed by atoms with Crippen molar-refractivity contribution in [3.05, 3.63) is 35.5 Å². The summed E-state index contributed by atoms with van der Waals surface area (Å²) in [5.41, 5.74) is 8.65. The van der Waals surface area contributed by atoms with Gasteiger partial charge in [-0.15, -0.1) is 0 Å². The van der Waals surface area contributed by atoms with E-state index in [1.54, 1.807) is 0 Å². The van der Waals surface area contributed by atoms with E-state index in [-0.39, 0.29) is 0 Å². The SMILES string of the molecule is Cc1cccc2[nH]cc([C@H](O)CCN)c12. The average Bonchev–Trinajstić information content (AvgIpc) is 2.63. The number of nitrogens with one attached hydrogen (secondary N) is 1. The molecule has 4 N–H and O–H groups in total. The van der Waals surface area contributed by atoms with Crippen LogP contribution in [-0.4, -0.2) is 16.6 Å². The number of H-pyrrole nitrogens is 1. The number of fused-ring (bicyclic) bond motifs is 1. The number of rotatable bonds is 3. The summed E-state index contributed by atoms with van der Waals surface area (Å²) in [5.74, 6) is 0. The molecular formula is C12H16N2O. The van der Waals surface area contributed by atoms with Crippen LogP contribution in [0.15, 0.2) is 24.4 Å². The Morgan fingerprint density at radius 1 is 1.47 bits per heavy atom. The van der Waals surface area contributed by atoms with Gasteiger partial charge in [-0.1, -0.05) is 12.1 Å². The molecule has 0 aliphatic heterocycles. The van der Waals surface area contributed by atoms with Gasteiger partial charge in [0.25, 0.3) is 0 Å². The number of aliphatic hydroxyl groups excluding tert-OH is 1. The molecule has 0 aliphatic rings. The fourth-order valence-corrected chi connectivity index (χ4v) is 1.98. The molecule has 1 atom stereocenters. The van der Waals surface area contributed by atoms with E-state index in [0.717, 1.165) is 16.5 Å². The molecule has 0 fully saturated rings. The highest BCUT2D eigenvalue weighted by Gasteiger charge is 2.13. The van der Waals surface area contributed by atoms with E-state index in [2.05, 4.69) is 18.0 Å². The first kappa shape index (κ1) is 10.2. The van der Waals surface area contributed by atoms with Crippen LogP contribution in [0.1, 0.15) is 23.7 Å². The van der Waals surface area contributed by atoms with Gasteiger partial charge in [0.05, 0.1) is 6.10 Å². The van der Waals surface area contributed by atoms with Gasteiger partial charge in [0.2, 0.25) is 0 Å². The Balaban J connectivity index is 2.52. The third kappa shape index (κ3) is 1.76. The van der Waals surface area contributed by atoms with Crippen molar-refractivity contribution in [2.75, 3.05) is 6.54 Å². The second-order valence-corrected chi connectivity index (χ2v) is 3.83. The maximum absolute atomic E-state index is 9.93. The normalized spacial score (nSPS) is 13.3. The Morgan fingerprint density at radius 2 is 2.27 bits per heavy atom. The van der Waals surface area contributed by atoms with E-state index < -0.39 is 6.10 Å². The van der Waals surface area contributed by atoms with Crippen LogP contribution in [0.5, 0.6) is 0 Å². The second-order valence-electron chi connectivity index (χ2n) is 3.83. The molecule has 0 spiro atoms. The van der Waals surface area contributed by atoms with Crippen LogP contribution in [0.25, 0.3) is 10.9 Å². The van der Waals surface area contributed by atoms with Crippen molar-refractivity contribution in [2.45, 2.75) is 19.4 Å². The molecule has 1 heterocycles. The zero-order chi connectivity index (χ0) is 10.8. The van der Waals surface area contributed by atoms with Crippen molar-refractivity contribution >= 4 is 10.9 Å². The van der Waals surface area contributed by atoms with Gasteiger partial charge in [0, 0.05) is 22.7 Å². The average molecular weight is 204 g/mol. The molecule has 0 radical (unpaired) electrons.